The van der Waals surface area contributed by atoms with Crippen LogP contribution in [0.2, 0.25) is 0 Å². The lowest BCUT2D eigenvalue weighted by molar-refractivity contribution is -0.187. The van der Waals surface area contributed by atoms with Crippen molar-refractivity contribution in [3.8, 4) is 0 Å². The molecular weight excluding hydrogens is 223 g/mol. The lowest BCUT2D eigenvalue weighted by Crippen LogP contribution is -2.43. The molecule has 3 unspecified atom stereocenters. The fourth-order valence-corrected chi connectivity index (χ4v) is 2.18. The van der Waals surface area contributed by atoms with Crippen molar-refractivity contribution in [2.24, 2.45) is 17.6 Å². The minimum absolute atomic E-state index is 0.0697. The molecule has 0 spiro atoms. The molecule has 6 heteroatoms. The van der Waals surface area contributed by atoms with Crippen LogP contribution in [0.4, 0.5) is 13.2 Å². The molecule has 0 aromatic rings. The second-order valence-corrected chi connectivity index (χ2v) is 4.21. The van der Waals surface area contributed by atoms with Gasteiger partial charge in [-0.25, -0.2) is 0 Å². The molecule has 0 aliphatic heterocycles. The first-order valence-corrected chi connectivity index (χ1v) is 5.26. The summed E-state index contributed by atoms with van der Waals surface area (Å²) in [4.78, 5) is 11.1. The van der Waals surface area contributed by atoms with E-state index in [0.29, 0.717) is 12.8 Å². The number of nitrogens with two attached hydrogens (primary N) is 1. The van der Waals surface area contributed by atoms with Gasteiger partial charge in [0.2, 0.25) is 0 Å². The zero-order valence-corrected chi connectivity index (χ0v) is 9.09. The fourth-order valence-electron chi connectivity index (χ4n) is 2.18. The minimum Gasteiger partial charge on any atom is -0.468 e. The van der Waals surface area contributed by atoms with Crippen molar-refractivity contribution in [2.45, 2.75) is 37.9 Å². The molecule has 0 radical (unpaired) electrons. The maximum Gasteiger partial charge on any atom is 0.391 e. The molecule has 3 nitrogen and oxygen atoms in total. The predicted molar refractivity (Wildman–Crippen MR) is 51.5 cm³/mol. The summed E-state index contributed by atoms with van der Waals surface area (Å²) in [6, 6.07) is -0.935. The van der Waals surface area contributed by atoms with E-state index in [4.69, 9.17) is 5.73 Å². The van der Waals surface area contributed by atoms with Crippen LogP contribution in [0.1, 0.15) is 25.7 Å². The molecule has 3 atom stereocenters. The Kier molecular flexibility index (Phi) is 4.18. The van der Waals surface area contributed by atoms with E-state index in [1.165, 1.54) is 7.11 Å². The second-order valence-electron chi connectivity index (χ2n) is 4.21. The normalized spacial score (nSPS) is 28.6. The van der Waals surface area contributed by atoms with Crippen LogP contribution in [-0.2, 0) is 9.53 Å². The van der Waals surface area contributed by atoms with Gasteiger partial charge in [0, 0.05) is 0 Å². The van der Waals surface area contributed by atoms with Crippen molar-refractivity contribution in [2.75, 3.05) is 7.11 Å². The molecule has 0 aromatic carbocycles. The highest BCUT2D eigenvalue weighted by Gasteiger charge is 2.44. The Morgan fingerprint density at radius 2 is 2.06 bits per heavy atom. The minimum atomic E-state index is -4.19. The molecule has 1 aliphatic carbocycles. The molecule has 2 N–H and O–H groups in total. The Morgan fingerprint density at radius 3 is 2.56 bits per heavy atom. The molecule has 1 aliphatic rings. The SMILES string of the molecule is COC(=O)C(N)C1CCCC(C(F)(F)F)C1. The third-order valence-corrected chi connectivity index (χ3v) is 3.16. The van der Waals surface area contributed by atoms with E-state index in [9.17, 15) is 18.0 Å². The van der Waals surface area contributed by atoms with Gasteiger partial charge in [0.15, 0.2) is 0 Å². The molecule has 1 fully saturated rings. The third kappa shape index (κ3) is 3.10. The van der Waals surface area contributed by atoms with E-state index in [0.717, 1.165) is 0 Å². The van der Waals surface area contributed by atoms with Gasteiger partial charge in [0.25, 0.3) is 0 Å². The summed E-state index contributed by atoms with van der Waals surface area (Å²) in [7, 11) is 1.19. The highest BCUT2D eigenvalue weighted by Crippen LogP contribution is 2.40. The van der Waals surface area contributed by atoms with E-state index in [-0.39, 0.29) is 12.8 Å². The first-order chi connectivity index (χ1) is 7.36. The van der Waals surface area contributed by atoms with Crippen molar-refractivity contribution < 1.29 is 22.7 Å². The van der Waals surface area contributed by atoms with Crippen LogP contribution in [0.15, 0.2) is 0 Å². The molecule has 94 valence electrons. The van der Waals surface area contributed by atoms with Crippen LogP contribution in [0.25, 0.3) is 0 Å². The van der Waals surface area contributed by atoms with Crippen LogP contribution in [-0.4, -0.2) is 25.3 Å². The first kappa shape index (κ1) is 13.3. The number of rotatable bonds is 2. The average molecular weight is 239 g/mol. The zero-order chi connectivity index (χ0) is 12.3. The maximum atomic E-state index is 12.5. The van der Waals surface area contributed by atoms with Gasteiger partial charge in [-0.15, -0.1) is 0 Å². The highest BCUT2D eigenvalue weighted by molar-refractivity contribution is 5.75. The predicted octanol–water partition coefficient (Wildman–Crippen LogP) is 1.86. The van der Waals surface area contributed by atoms with Gasteiger partial charge in [-0.2, -0.15) is 13.2 Å². The van der Waals surface area contributed by atoms with E-state index in [1.807, 2.05) is 0 Å². The molecular formula is C10H16F3NO2. The number of ether oxygens (including phenoxy) is 1. The summed E-state index contributed by atoms with van der Waals surface area (Å²) in [6.45, 7) is 0. The maximum absolute atomic E-state index is 12.5. The zero-order valence-electron chi connectivity index (χ0n) is 9.09. The lowest BCUT2D eigenvalue weighted by atomic mass is 9.77. The molecule has 16 heavy (non-hydrogen) atoms. The highest BCUT2D eigenvalue weighted by atomic mass is 19.4. The number of carbonyl (C=O) groups is 1. The number of halogens is 3. The molecule has 0 heterocycles. The van der Waals surface area contributed by atoms with Crippen LogP contribution in [0.3, 0.4) is 0 Å². The van der Waals surface area contributed by atoms with Crippen molar-refractivity contribution in [1.29, 1.82) is 0 Å². The van der Waals surface area contributed by atoms with Gasteiger partial charge in [-0.3, -0.25) is 4.79 Å². The molecule has 0 amide bonds. The van der Waals surface area contributed by atoms with E-state index in [1.54, 1.807) is 0 Å². The van der Waals surface area contributed by atoms with Gasteiger partial charge in [0.05, 0.1) is 13.0 Å². The van der Waals surface area contributed by atoms with Crippen molar-refractivity contribution in [3.05, 3.63) is 0 Å². The van der Waals surface area contributed by atoms with Crippen molar-refractivity contribution in [3.63, 3.8) is 0 Å². The van der Waals surface area contributed by atoms with Gasteiger partial charge in [0.1, 0.15) is 6.04 Å². The standard InChI is InChI=1S/C10H16F3NO2/c1-16-9(15)8(14)6-3-2-4-7(5-6)10(11,12)13/h6-8H,2-5,14H2,1H3. The Hall–Kier alpha value is -0.780. The quantitative estimate of drug-likeness (QED) is 0.748. The Balaban J connectivity index is 2.60. The summed E-state index contributed by atoms with van der Waals surface area (Å²) < 4.78 is 42.0. The monoisotopic (exact) mass is 239 g/mol. The first-order valence-electron chi connectivity index (χ1n) is 5.26. The Bertz CT molecular complexity index is 255. The molecule has 1 rings (SSSR count). The van der Waals surface area contributed by atoms with Gasteiger partial charge in [-0.1, -0.05) is 6.42 Å². The van der Waals surface area contributed by atoms with Crippen LogP contribution < -0.4 is 5.73 Å². The number of alkyl halides is 3. The Morgan fingerprint density at radius 1 is 1.44 bits per heavy atom. The molecule has 0 saturated heterocycles. The molecule has 0 aromatic heterocycles. The van der Waals surface area contributed by atoms with E-state index < -0.39 is 30.0 Å². The molecule has 1 saturated carbocycles. The van der Waals surface area contributed by atoms with Crippen molar-refractivity contribution >= 4 is 5.97 Å². The summed E-state index contributed by atoms with van der Waals surface area (Å²) in [5, 5.41) is 0. The summed E-state index contributed by atoms with van der Waals surface area (Å²) >= 11 is 0. The van der Waals surface area contributed by atoms with Crippen LogP contribution >= 0.6 is 0 Å². The lowest BCUT2D eigenvalue weighted by Gasteiger charge is -2.32. The smallest absolute Gasteiger partial charge is 0.391 e. The number of esters is 1. The van der Waals surface area contributed by atoms with E-state index in [2.05, 4.69) is 4.74 Å². The van der Waals surface area contributed by atoms with Crippen LogP contribution in [0, 0.1) is 11.8 Å². The van der Waals surface area contributed by atoms with E-state index >= 15 is 0 Å². The Labute approximate surface area is 92.1 Å². The summed E-state index contributed by atoms with van der Waals surface area (Å²) in [6.07, 6.45) is -3.11. The number of hydrogen-bond acceptors (Lipinski definition) is 3. The van der Waals surface area contributed by atoms with Gasteiger partial charge >= 0.3 is 12.1 Å². The number of methoxy groups -OCH3 is 1. The van der Waals surface area contributed by atoms with Crippen LogP contribution in [0.5, 0.6) is 0 Å². The topological polar surface area (TPSA) is 52.3 Å². The second kappa shape index (κ2) is 5.03. The van der Waals surface area contributed by atoms with Crippen molar-refractivity contribution in [1.82, 2.24) is 0 Å². The third-order valence-electron chi connectivity index (χ3n) is 3.16. The fraction of sp³-hybridized carbons (Fsp3) is 0.900. The number of carbonyl (C=O) groups excluding carboxylic acids is 1. The average Bonchev–Trinajstić information content (AvgIpc) is 2.26. The van der Waals surface area contributed by atoms with Gasteiger partial charge in [-0.05, 0) is 25.2 Å². The van der Waals surface area contributed by atoms with Gasteiger partial charge < -0.3 is 10.5 Å². The molecule has 0 bridgehead atoms. The summed E-state index contributed by atoms with van der Waals surface area (Å²) in [5.41, 5.74) is 5.57. The summed E-state index contributed by atoms with van der Waals surface area (Å²) in [5.74, 6) is -2.39. The largest absolute Gasteiger partial charge is 0.468 e. The number of hydrogen-bond donors (Lipinski definition) is 1.